The highest BCUT2D eigenvalue weighted by atomic mass is 19.1. The fraction of sp³-hybridized carbons (Fsp3) is 0.0714. The molecule has 0 fully saturated rings. The molecule has 0 saturated carbocycles. The lowest BCUT2D eigenvalue weighted by atomic mass is 10.2. The Morgan fingerprint density at radius 2 is 2.10 bits per heavy atom. The standard InChI is InChI=1S/C14H10FN3O3/c1-20-11-4-2-3-9(12(11)19)14-17-13(18-21-14)10-6-5-8(15)7-16-10/h2-7,19H,1H3. The molecule has 0 aliphatic rings. The van der Waals surface area contributed by atoms with Crippen molar-refractivity contribution >= 4 is 0 Å². The number of aromatic hydroxyl groups is 1. The van der Waals surface area contributed by atoms with E-state index >= 15 is 0 Å². The summed E-state index contributed by atoms with van der Waals surface area (Å²) in [6, 6.07) is 7.61. The van der Waals surface area contributed by atoms with Crippen LogP contribution in [-0.4, -0.2) is 27.3 Å². The number of methoxy groups -OCH3 is 1. The molecule has 0 amide bonds. The third-order valence-corrected chi connectivity index (χ3v) is 2.83. The van der Waals surface area contributed by atoms with Crippen LogP contribution in [0.4, 0.5) is 4.39 Å². The Kier molecular flexibility index (Phi) is 3.23. The second-order valence-corrected chi connectivity index (χ2v) is 4.14. The molecule has 0 aliphatic carbocycles. The Balaban J connectivity index is 2.00. The van der Waals surface area contributed by atoms with E-state index in [1.54, 1.807) is 18.2 Å². The summed E-state index contributed by atoms with van der Waals surface area (Å²) in [7, 11) is 1.44. The Hall–Kier alpha value is -2.96. The van der Waals surface area contributed by atoms with Gasteiger partial charge in [-0.1, -0.05) is 11.2 Å². The van der Waals surface area contributed by atoms with Crippen molar-refractivity contribution in [3.05, 3.63) is 42.3 Å². The third kappa shape index (κ3) is 2.40. The molecule has 1 N–H and O–H groups in total. The van der Waals surface area contributed by atoms with Gasteiger partial charge in [0, 0.05) is 0 Å². The topological polar surface area (TPSA) is 81.3 Å². The normalized spacial score (nSPS) is 10.6. The van der Waals surface area contributed by atoms with E-state index in [9.17, 15) is 9.50 Å². The van der Waals surface area contributed by atoms with E-state index in [0.29, 0.717) is 17.0 Å². The van der Waals surface area contributed by atoms with E-state index in [-0.39, 0.29) is 17.5 Å². The summed E-state index contributed by atoms with van der Waals surface area (Å²) in [6.45, 7) is 0. The number of pyridine rings is 1. The first-order valence-corrected chi connectivity index (χ1v) is 6.01. The SMILES string of the molecule is COc1cccc(-c2nc(-c3ccc(F)cn3)no2)c1O. The van der Waals surface area contributed by atoms with Crippen molar-refractivity contribution in [2.24, 2.45) is 0 Å². The number of ether oxygens (including phenoxy) is 1. The monoisotopic (exact) mass is 287 g/mol. The predicted molar refractivity (Wildman–Crippen MR) is 71.1 cm³/mol. The molecule has 0 spiro atoms. The fourth-order valence-corrected chi connectivity index (χ4v) is 1.80. The van der Waals surface area contributed by atoms with E-state index < -0.39 is 5.82 Å². The molecule has 6 nitrogen and oxygen atoms in total. The molecule has 0 bridgehead atoms. The number of aromatic nitrogens is 3. The smallest absolute Gasteiger partial charge is 0.262 e. The van der Waals surface area contributed by atoms with Gasteiger partial charge in [-0.3, -0.25) is 0 Å². The quantitative estimate of drug-likeness (QED) is 0.797. The molecular weight excluding hydrogens is 277 g/mol. The first kappa shape index (κ1) is 13.0. The minimum atomic E-state index is -0.451. The van der Waals surface area contributed by atoms with Gasteiger partial charge < -0.3 is 14.4 Å². The lowest BCUT2D eigenvalue weighted by molar-refractivity contribution is 0.371. The summed E-state index contributed by atoms with van der Waals surface area (Å²) in [4.78, 5) is 8.00. The molecule has 2 heterocycles. The van der Waals surface area contributed by atoms with Crippen molar-refractivity contribution < 1.29 is 18.8 Å². The maximum absolute atomic E-state index is 12.8. The lowest BCUT2D eigenvalue weighted by Gasteiger charge is -2.04. The van der Waals surface area contributed by atoms with Crippen molar-refractivity contribution in [3.63, 3.8) is 0 Å². The average Bonchev–Trinajstić information content (AvgIpc) is 2.98. The maximum atomic E-state index is 12.8. The van der Waals surface area contributed by atoms with Crippen LogP contribution in [0.3, 0.4) is 0 Å². The van der Waals surface area contributed by atoms with Crippen LogP contribution in [0, 0.1) is 5.82 Å². The first-order valence-electron chi connectivity index (χ1n) is 6.01. The van der Waals surface area contributed by atoms with Gasteiger partial charge >= 0.3 is 0 Å². The van der Waals surface area contributed by atoms with Crippen molar-refractivity contribution in [1.82, 2.24) is 15.1 Å². The molecule has 2 aromatic heterocycles. The molecule has 1 aromatic carbocycles. The molecule has 0 aliphatic heterocycles. The van der Waals surface area contributed by atoms with Crippen molar-refractivity contribution in [3.8, 4) is 34.5 Å². The van der Waals surface area contributed by atoms with Crippen LogP contribution in [0.15, 0.2) is 41.1 Å². The third-order valence-electron chi connectivity index (χ3n) is 2.83. The van der Waals surface area contributed by atoms with Gasteiger partial charge in [0.2, 0.25) is 5.82 Å². The van der Waals surface area contributed by atoms with Crippen molar-refractivity contribution in [2.45, 2.75) is 0 Å². The van der Waals surface area contributed by atoms with Gasteiger partial charge in [-0.15, -0.1) is 0 Å². The van der Waals surface area contributed by atoms with Crippen LogP contribution in [0.2, 0.25) is 0 Å². The van der Waals surface area contributed by atoms with Gasteiger partial charge in [0.1, 0.15) is 11.5 Å². The molecule has 0 unspecified atom stereocenters. The Morgan fingerprint density at radius 3 is 2.81 bits per heavy atom. The molecule has 7 heteroatoms. The van der Waals surface area contributed by atoms with Crippen LogP contribution in [0.25, 0.3) is 23.0 Å². The number of hydrogen-bond donors (Lipinski definition) is 1. The number of para-hydroxylation sites is 1. The number of rotatable bonds is 3. The van der Waals surface area contributed by atoms with Gasteiger partial charge in [0.05, 0.1) is 18.9 Å². The minimum Gasteiger partial charge on any atom is -0.504 e. The van der Waals surface area contributed by atoms with Gasteiger partial charge in [0.15, 0.2) is 11.5 Å². The number of phenolic OH excluding ortho intramolecular Hbond substituents is 1. The average molecular weight is 287 g/mol. The number of benzene rings is 1. The fourth-order valence-electron chi connectivity index (χ4n) is 1.80. The van der Waals surface area contributed by atoms with Crippen LogP contribution in [-0.2, 0) is 0 Å². The van der Waals surface area contributed by atoms with Gasteiger partial charge in [-0.2, -0.15) is 4.98 Å². The molecule has 0 saturated heterocycles. The minimum absolute atomic E-state index is 0.0951. The van der Waals surface area contributed by atoms with E-state index in [1.165, 1.54) is 19.2 Å². The number of halogens is 1. The Morgan fingerprint density at radius 1 is 1.24 bits per heavy atom. The summed E-state index contributed by atoms with van der Waals surface area (Å²) in [6.07, 6.45) is 1.06. The second kappa shape index (κ2) is 5.20. The molecule has 3 rings (SSSR count). The maximum Gasteiger partial charge on any atom is 0.262 e. The summed E-state index contributed by atoms with van der Waals surface area (Å²) in [5, 5.41) is 13.8. The zero-order chi connectivity index (χ0) is 14.8. The number of phenols is 1. The largest absolute Gasteiger partial charge is 0.504 e. The molecule has 21 heavy (non-hydrogen) atoms. The summed E-state index contributed by atoms with van der Waals surface area (Å²) >= 11 is 0. The predicted octanol–water partition coefficient (Wildman–Crippen LogP) is 2.65. The molecule has 3 aromatic rings. The molecule has 0 atom stereocenters. The highest BCUT2D eigenvalue weighted by Crippen LogP contribution is 2.36. The van der Waals surface area contributed by atoms with Gasteiger partial charge in [-0.25, -0.2) is 9.37 Å². The van der Waals surface area contributed by atoms with E-state index in [2.05, 4.69) is 15.1 Å². The van der Waals surface area contributed by atoms with Gasteiger partial charge in [-0.05, 0) is 24.3 Å². The summed E-state index contributed by atoms with van der Waals surface area (Å²) in [5.41, 5.74) is 0.712. The zero-order valence-corrected chi connectivity index (χ0v) is 10.9. The van der Waals surface area contributed by atoms with Crippen molar-refractivity contribution in [2.75, 3.05) is 7.11 Å². The molecule has 106 valence electrons. The van der Waals surface area contributed by atoms with Gasteiger partial charge in [0.25, 0.3) is 5.89 Å². The zero-order valence-electron chi connectivity index (χ0n) is 10.9. The first-order chi connectivity index (χ1) is 10.2. The Bertz CT molecular complexity index is 771. The van der Waals surface area contributed by atoms with Crippen LogP contribution in [0.5, 0.6) is 11.5 Å². The van der Waals surface area contributed by atoms with E-state index in [4.69, 9.17) is 9.26 Å². The summed E-state index contributed by atoms with van der Waals surface area (Å²) in [5.74, 6) is 0.0714. The lowest BCUT2D eigenvalue weighted by Crippen LogP contribution is -1.88. The summed E-state index contributed by atoms with van der Waals surface area (Å²) < 4.78 is 23.0. The van der Waals surface area contributed by atoms with Crippen LogP contribution < -0.4 is 4.74 Å². The second-order valence-electron chi connectivity index (χ2n) is 4.14. The molecule has 0 radical (unpaired) electrons. The van der Waals surface area contributed by atoms with Crippen LogP contribution in [0.1, 0.15) is 0 Å². The molecular formula is C14H10FN3O3. The highest BCUT2D eigenvalue weighted by Gasteiger charge is 2.17. The van der Waals surface area contributed by atoms with E-state index in [1.807, 2.05) is 0 Å². The number of nitrogens with zero attached hydrogens (tertiary/aromatic N) is 3. The highest BCUT2D eigenvalue weighted by molar-refractivity contribution is 5.68. The van der Waals surface area contributed by atoms with E-state index in [0.717, 1.165) is 6.20 Å². The van der Waals surface area contributed by atoms with Crippen LogP contribution >= 0.6 is 0 Å². The Labute approximate surface area is 118 Å². The number of hydrogen-bond acceptors (Lipinski definition) is 6. The van der Waals surface area contributed by atoms with Crippen molar-refractivity contribution in [1.29, 1.82) is 0 Å².